The van der Waals surface area contributed by atoms with E-state index in [1.807, 2.05) is 70.7 Å². The number of nitrogens with one attached hydrogen (secondary N) is 1. The van der Waals surface area contributed by atoms with Crippen LogP contribution in [0.3, 0.4) is 0 Å². The average Bonchev–Trinajstić information content (AvgIpc) is 2.54. The summed E-state index contributed by atoms with van der Waals surface area (Å²) in [5.41, 5.74) is 0.889. The third-order valence-electron chi connectivity index (χ3n) is 3.92. The number of thioether (sulfide) groups is 1. The zero-order valence-corrected chi connectivity index (χ0v) is 16.7. The first-order valence-electron chi connectivity index (χ1n) is 8.84. The summed E-state index contributed by atoms with van der Waals surface area (Å²) in [6, 6.07) is 8.27. The Hall–Kier alpha value is -1.82. The second-order valence-electron chi connectivity index (χ2n) is 6.60. The van der Waals surface area contributed by atoms with Gasteiger partial charge in [0, 0.05) is 24.0 Å². The zero-order valence-electron chi connectivity index (χ0n) is 15.9. The molecule has 0 saturated carbocycles. The van der Waals surface area contributed by atoms with Gasteiger partial charge in [-0.3, -0.25) is 4.79 Å². The van der Waals surface area contributed by atoms with Crippen molar-refractivity contribution in [2.75, 3.05) is 11.9 Å². The van der Waals surface area contributed by atoms with Gasteiger partial charge in [0.15, 0.2) is 5.16 Å². The third kappa shape index (κ3) is 4.63. The minimum absolute atomic E-state index is 0.122. The SMILES string of the molecule is CCNc1nc(SC(C)C(=O)N(C(C)C)C(C)C)nc2ccccc12. The molecule has 5 nitrogen and oxygen atoms in total. The van der Waals surface area contributed by atoms with E-state index in [-0.39, 0.29) is 23.2 Å². The molecule has 0 fully saturated rings. The lowest BCUT2D eigenvalue weighted by Crippen LogP contribution is -2.45. The van der Waals surface area contributed by atoms with E-state index in [0.717, 1.165) is 23.3 Å². The lowest BCUT2D eigenvalue weighted by Gasteiger charge is -2.32. The fourth-order valence-corrected chi connectivity index (χ4v) is 3.77. The summed E-state index contributed by atoms with van der Waals surface area (Å²) in [4.78, 5) is 24.0. The molecule has 0 saturated heterocycles. The van der Waals surface area contributed by atoms with Gasteiger partial charge in [-0.1, -0.05) is 23.9 Å². The smallest absolute Gasteiger partial charge is 0.236 e. The van der Waals surface area contributed by atoms with Crippen molar-refractivity contribution in [2.24, 2.45) is 0 Å². The minimum atomic E-state index is -0.236. The Bertz CT molecular complexity index is 724. The number of fused-ring (bicyclic) bond motifs is 1. The van der Waals surface area contributed by atoms with E-state index in [9.17, 15) is 4.79 Å². The predicted molar refractivity (Wildman–Crippen MR) is 106 cm³/mol. The van der Waals surface area contributed by atoms with Crippen LogP contribution in [0.5, 0.6) is 0 Å². The highest BCUT2D eigenvalue weighted by Crippen LogP contribution is 2.28. The summed E-state index contributed by atoms with van der Waals surface area (Å²) in [6.45, 7) is 12.9. The first-order valence-corrected chi connectivity index (χ1v) is 9.72. The van der Waals surface area contributed by atoms with Crippen LogP contribution in [0.1, 0.15) is 41.5 Å². The molecular formula is C19H28N4OS. The Labute approximate surface area is 154 Å². The van der Waals surface area contributed by atoms with Crippen LogP contribution in [0, 0.1) is 0 Å². The minimum Gasteiger partial charge on any atom is -0.370 e. The molecule has 1 atom stereocenters. The van der Waals surface area contributed by atoms with Gasteiger partial charge in [0.1, 0.15) is 5.82 Å². The number of aromatic nitrogens is 2. The molecule has 25 heavy (non-hydrogen) atoms. The molecule has 1 heterocycles. The van der Waals surface area contributed by atoms with Gasteiger partial charge in [-0.25, -0.2) is 9.97 Å². The number of hydrogen-bond donors (Lipinski definition) is 1. The Balaban J connectivity index is 2.28. The van der Waals surface area contributed by atoms with Crippen LogP contribution in [-0.4, -0.2) is 44.7 Å². The van der Waals surface area contributed by atoms with Gasteiger partial charge in [0.05, 0.1) is 10.8 Å². The molecule has 0 spiro atoms. The number of carbonyl (C=O) groups is 1. The fourth-order valence-electron chi connectivity index (χ4n) is 2.93. The van der Waals surface area contributed by atoms with Crippen molar-refractivity contribution in [3.63, 3.8) is 0 Å². The average molecular weight is 361 g/mol. The highest BCUT2D eigenvalue weighted by Gasteiger charge is 2.26. The standard InChI is InChI=1S/C19H28N4OS/c1-7-20-17-15-10-8-9-11-16(15)21-19(22-17)25-14(6)18(24)23(12(2)3)13(4)5/h8-14H,7H2,1-6H3,(H,20,21,22). The molecule has 0 bridgehead atoms. The van der Waals surface area contributed by atoms with Crippen molar-refractivity contribution in [1.29, 1.82) is 0 Å². The Kier molecular flexibility index (Phi) is 6.64. The topological polar surface area (TPSA) is 58.1 Å². The summed E-state index contributed by atoms with van der Waals surface area (Å²) in [5, 5.41) is 4.68. The monoisotopic (exact) mass is 360 g/mol. The number of amides is 1. The molecule has 136 valence electrons. The lowest BCUT2D eigenvalue weighted by molar-refractivity contribution is -0.133. The highest BCUT2D eigenvalue weighted by atomic mass is 32.2. The summed E-state index contributed by atoms with van der Waals surface area (Å²) >= 11 is 1.42. The third-order valence-corrected chi connectivity index (χ3v) is 4.87. The van der Waals surface area contributed by atoms with Crippen molar-refractivity contribution < 1.29 is 4.79 Å². The molecule has 0 aliphatic heterocycles. The fraction of sp³-hybridized carbons (Fsp3) is 0.526. The summed E-state index contributed by atoms with van der Waals surface area (Å²) < 4.78 is 0. The van der Waals surface area contributed by atoms with Crippen LogP contribution in [0.4, 0.5) is 5.82 Å². The first-order chi connectivity index (χ1) is 11.8. The maximum Gasteiger partial charge on any atom is 0.236 e. The van der Waals surface area contributed by atoms with E-state index < -0.39 is 0 Å². The van der Waals surface area contributed by atoms with Gasteiger partial charge in [-0.15, -0.1) is 0 Å². The number of carbonyl (C=O) groups excluding carboxylic acids is 1. The number of para-hydroxylation sites is 1. The van der Waals surface area contributed by atoms with Crippen molar-refractivity contribution in [3.8, 4) is 0 Å². The number of hydrogen-bond acceptors (Lipinski definition) is 5. The Morgan fingerprint density at radius 3 is 2.36 bits per heavy atom. The van der Waals surface area contributed by atoms with Gasteiger partial charge in [0.2, 0.25) is 5.91 Å². The largest absolute Gasteiger partial charge is 0.370 e. The number of rotatable bonds is 7. The predicted octanol–water partition coefficient (Wildman–Crippen LogP) is 4.19. The lowest BCUT2D eigenvalue weighted by atomic mass is 10.2. The number of benzene rings is 1. The molecule has 0 aliphatic carbocycles. The number of anilines is 1. The first kappa shape index (κ1) is 19.5. The quantitative estimate of drug-likeness (QED) is 0.593. The molecule has 1 N–H and O–H groups in total. The van der Waals surface area contributed by atoms with E-state index >= 15 is 0 Å². The number of nitrogens with zero attached hydrogens (tertiary/aromatic N) is 3. The van der Waals surface area contributed by atoms with E-state index in [2.05, 4.69) is 15.3 Å². The van der Waals surface area contributed by atoms with Gasteiger partial charge >= 0.3 is 0 Å². The van der Waals surface area contributed by atoms with Crippen LogP contribution >= 0.6 is 11.8 Å². The van der Waals surface area contributed by atoms with Crippen LogP contribution in [0.2, 0.25) is 0 Å². The van der Waals surface area contributed by atoms with Crippen LogP contribution < -0.4 is 5.32 Å². The molecule has 1 unspecified atom stereocenters. The molecule has 2 rings (SSSR count). The van der Waals surface area contributed by atoms with Gasteiger partial charge in [-0.2, -0.15) is 0 Å². The van der Waals surface area contributed by atoms with Crippen LogP contribution in [0.25, 0.3) is 10.9 Å². The van der Waals surface area contributed by atoms with Crippen LogP contribution in [-0.2, 0) is 4.79 Å². The van der Waals surface area contributed by atoms with E-state index in [1.54, 1.807) is 0 Å². The Morgan fingerprint density at radius 1 is 1.12 bits per heavy atom. The van der Waals surface area contributed by atoms with E-state index in [4.69, 9.17) is 0 Å². The van der Waals surface area contributed by atoms with Gasteiger partial charge in [0.25, 0.3) is 0 Å². The van der Waals surface area contributed by atoms with Crippen molar-refractivity contribution in [2.45, 2.75) is 64.0 Å². The summed E-state index contributed by atoms with van der Waals surface area (Å²) in [7, 11) is 0. The van der Waals surface area contributed by atoms with Crippen molar-refractivity contribution in [1.82, 2.24) is 14.9 Å². The molecule has 6 heteroatoms. The van der Waals surface area contributed by atoms with Crippen molar-refractivity contribution in [3.05, 3.63) is 24.3 Å². The van der Waals surface area contributed by atoms with E-state index in [0.29, 0.717) is 5.16 Å². The molecule has 2 aromatic rings. The molecule has 0 aliphatic rings. The second kappa shape index (κ2) is 8.52. The zero-order chi connectivity index (χ0) is 18.6. The normalized spacial score (nSPS) is 12.6. The van der Waals surface area contributed by atoms with E-state index in [1.165, 1.54) is 11.8 Å². The summed E-state index contributed by atoms with van der Waals surface area (Å²) in [6.07, 6.45) is 0. The molecular weight excluding hydrogens is 332 g/mol. The molecule has 1 amide bonds. The van der Waals surface area contributed by atoms with Gasteiger partial charge in [-0.05, 0) is 53.7 Å². The maximum absolute atomic E-state index is 12.8. The van der Waals surface area contributed by atoms with Gasteiger partial charge < -0.3 is 10.2 Å². The maximum atomic E-state index is 12.8. The van der Waals surface area contributed by atoms with Crippen molar-refractivity contribution >= 4 is 34.4 Å². The molecule has 1 aromatic heterocycles. The molecule has 1 aromatic carbocycles. The second-order valence-corrected chi connectivity index (χ2v) is 7.90. The Morgan fingerprint density at radius 2 is 1.76 bits per heavy atom. The molecule has 0 radical (unpaired) electrons. The van der Waals surface area contributed by atoms with Crippen LogP contribution in [0.15, 0.2) is 29.4 Å². The highest BCUT2D eigenvalue weighted by molar-refractivity contribution is 8.00. The summed E-state index contributed by atoms with van der Waals surface area (Å²) in [5.74, 6) is 0.941.